The molecule has 0 bridgehead atoms. The van der Waals surface area contributed by atoms with Crippen LogP contribution < -0.4 is 9.96 Å². The van der Waals surface area contributed by atoms with Gasteiger partial charge in [-0.25, -0.2) is 4.79 Å². The Morgan fingerprint density at radius 2 is 2.00 bits per heavy atom. The number of hydrogen-bond acceptors (Lipinski definition) is 5. The van der Waals surface area contributed by atoms with E-state index in [1.165, 1.54) is 24.3 Å². The van der Waals surface area contributed by atoms with Gasteiger partial charge in [0.15, 0.2) is 0 Å². The molecule has 6 heteroatoms. The molecule has 0 aliphatic rings. The molecule has 0 heterocycles. The fourth-order valence-electron chi connectivity index (χ4n) is 0.734. The maximum absolute atomic E-state index is 10.3. The standard InChI is InChI=1S/C7H5ClNO4/c8-7(10)13-6-3-1-5(2-4-6)9(11)12/h1-4,11H/q-1. The summed E-state index contributed by atoms with van der Waals surface area (Å²) in [4.78, 5) is 10.3. The van der Waals surface area contributed by atoms with Gasteiger partial charge in [0.25, 0.3) is 0 Å². The van der Waals surface area contributed by atoms with E-state index < -0.39 is 5.43 Å². The van der Waals surface area contributed by atoms with Crippen LogP contribution in [0.2, 0.25) is 0 Å². The molecular formula is C7H5ClNO4-. The van der Waals surface area contributed by atoms with Gasteiger partial charge in [0.05, 0.1) is 5.69 Å². The van der Waals surface area contributed by atoms with E-state index in [-0.39, 0.29) is 16.7 Å². The number of anilines is 1. The molecule has 70 valence electrons. The number of nitrogens with zero attached hydrogens (tertiary/aromatic N) is 1. The number of halogens is 1. The van der Waals surface area contributed by atoms with Crippen molar-refractivity contribution in [2.45, 2.75) is 0 Å². The van der Waals surface area contributed by atoms with E-state index in [0.29, 0.717) is 0 Å². The molecule has 0 saturated heterocycles. The van der Waals surface area contributed by atoms with Gasteiger partial charge in [-0.3, -0.25) is 5.21 Å². The summed E-state index contributed by atoms with van der Waals surface area (Å²) in [6, 6.07) is 5.22. The fraction of sp³-hybridized carbons (Fsp3) is 0. The lowest BCUT2D eigenvalue weighted by molar-refractivity contribution is 0.225. The normalized spacial score (nSPS) is 9.46. The largest absolute Gasteiger partial charge is 0.733 e. The third-order valence-electron chi connectivity index (χ3n) is 1.26. The van der Waals surface area contributed by atoms with Crippen LogP contribution in [0.3, 0.4) is 0 Å². The highest BCUT2D eigenvalue weighted by Gasteiger charge is 1.99. The van der Waals surface area contributed by atoms with E-state index in [1.807, 2.05) is 0 Å². The minimum Gasteiger partial charge on any atom is -0.733 e. The summed E-state index contributed by atoms with van der Waals surface area (Å²) in [6.45, 7) is 0. The summed E-state index contributed by atoms with van der Waals surface area (Å²) >= 11 is 4.93. The summed E-state index contributed by atoms with van der Waals surface area (Å²) in [6.07, 6.45) is 0. The molecule has 1 rings (SSSR count). The summed E-state index contributed by atoms with van der Waals surface area (Å²) in [7, 11) is 0. The van der Waals surface area contributed by atoms with Crippen molar-refractivity contribution in [3.05, 3.63) is 29.5 Å². The first-order valence-electron chi connectivity index (χ1n) is 3.23. The lowest BCUT2D eigenvalue weighted by atomic mass is 10.3. The number of carbonyl (C=O) groups excluding carboxylic acids is 1. The van der Waals surface area contributed by atoms with Gasteiger partial charge in [-0.05, 0) is 24.3 Å². The Morgan fingerprint density at radius 1 is 1.46 bits per heavy atom. The number of ether oxygens (including phenoxy) is 1. The molecule has 5 nitrogen and oxygen atoms in total. The minimum atomic E-state index is -0.962. The zero-order valence-electron chi connectivity index (χ0n) is 6.31. The maximum atomic E-state index is 10.3. The van der Waals surface area contributed by atoms with Crippen LogP contribution in [-0.2, 0) is 0 Å². The first kappa shape index (κ1) is 9.79. The lowest BCUT2D eigenvalue weighted by Crippen LogP contribution is -2.06. The summed E-state index contributed by atoms with van der Waals surface area (Å²) in [5, 5.41) is 18.5. The molecule has 0 spiro atoms. The van der Waals surface area contributed by atoms with Gasteiger partial charge in [0.1, 0.15) is 5.75 Å². The van der Waals surface area contributed by atoms with Crippen molar-refractivity contribution < 1.29 is 14.7 Å². The van der Waals surface area contributed by atoms with Crippen LogP contribution in [0.25, 0.3) is 0 Å². The molecule has 0 radical (unpaired) electrons. The van der Waals surface area contributed by atoms with Gasteiger partial charge < -0.3 is 15.2 Å². The molecule has 13 heavy (non-hydrogen) atoms. The molecule has 1 aromatic rings. The number of benzene rings is 1. The zero-order valence-corrected chi connectivity index (χ0v) is 7.06. The quantitative estimate of drug-likeness (QED) is 0.587. The van der Waals surface area contributed by atoms with Gasteiger partial charge in [-0.15, -0.1) is 0 Å². The van der Waals surface area contributed by atoms with Gasteiger partial charge in [-0.2, -0.15) is 0 Å². The molecule has 0 unspecified atom stereocenters. The molecule has 1 N–H and O–H groups in total. The van der Waals surface area contributed by atoms with Crippen molar-refractivity contribution in [1.82, 2.24) is 0 Å². The predicted molar refractivity (Wildman–Crippen MR) is 46.0 cm³/mol. The van der Waals surface area contributed by atoms with Crippen LogP contribution in [0.4, 0.5) is 10.5 Å². The molecular weight excluding hydrogens is 198 g/mol. The highest BCUT2D eigenvalue weighted by atomic mass is 35.5. The maximum Gasteiger partial charge on any atom is 0.409 e. The lowest BCUT2D eigenvalue weighted by Gasteiger charge is -2.21. The van der Waals surface area contributed by atoms with Crippen molar-refractivity contribution in [3.63, 3.8) is 0 Å². The van der Waals surface area contributed by atoms with Crippen molar-refractivity contribution in [3.8, 4) is 5.75 Å². The van der Waals surface area contributed by atoms with Crippen molar-refractivity contribution >= 4 is 22.7 Å². The highest BCUT2D eigenvalue weighted by molar-refractivity contribution is 6.61. The Kier molecular flexibility index (Phi) is 3.07. The van der Waals surface area contributed by atoms with E-state index in [9.17, 15) is 10.0 Å². The van der Waals surface area contributed by atoms with Crippen LogP contribution in [0.1, 0.15) is 0 Å². The van der Waals surface area contributed by atoms with Crippen molar-refractivity contribution in [2.24, 2.45) is 0 Å². The summed E-state index contributed by atoms with van der Waals surface area (Å²) in [5.41, 5.74) is -0.926. The molecule has 0 aliphatic carbocycles. The van der Waals surface area contributed by atoms with E-state index in [4.69, 9.17) is 16.8 Å². The van der Waals surface area contributed by atoms with Crippen LogP contribution in [-0.4, -0.2) is 10.6 Å². The number of rotatable bonds is 2. The molecule has 0 atom stereocenters. The summed E-state index contributed by atoms with van der Waals surface area (Å²) < 4.78 is 4.47. The van der Waals surface area contributed by atoms with Gasteiger partial charge in [0, 0.05) is 11.6 Å². The Morgan fingerprint density at radius 3 is 2.38 bits per heavy atom. The Hall–Kier alpha value is -1.30. The summed E-state index contributed by atoms with van der Waals surface area (Å²) in [5.74, 6) is 0.200. The second-order valence-electron chi connectivity index (χ2n) is 2.11. The first-order valence-corrected chi connectivity index (χ1v) is 3.61. The van der Waals surface area contributed by atoms with Gasteiger partial charge in [0.2, 0.25) is 0 Å². The van der Waals surface area contributed by atoms with Crippen LogP contribution >= 0.6 is 11.6 Å². The Balaban J connectivity index is 2.75. The van der Waals surface area contributed by atoms with Crippen LogP contribution in [0.15, 0.2) is 24.3 Å². The fourth-order valence-corrected chi connectivity index (χ4v) is 0.823. The highest BCUT2D eigenvalue weighted by Crippen LogP contribution is 2.18. The third-order valence-corrected chi connectivity index (χ3v) is 1.33. The Labute approximate surface area is 78.6 Å². The van der Waals surface area contributed by atoms with Crippen LogP contribution in [0.5, 0.6) is 5.75 Å². The van der Waals surface area contributed by atoms with Crippen molar-refractivity contribution in [1.29, 1.82) is 0 Å². The predicted octanol–water partition coefficient (Wildman–Crippen LogP) is 2.12. The number of carbonyl (C=O) groups is 1. The smallest absolute Gasteiger partial charge is 0.409 e. The second kappa shape index (κ2) is 4.08. The first-order chi connectivity index (χ1) is 6.09. The van der Waals surface area contributed by atoms with E-state index in [2.05, 4.69) is 4.74 Å². The average molecular weight is 203 g/mol. The minimum absolute atomic E-state index is 0.0365. The monoisotopic (exact) mass is 202 g/mol. The van der Waals surface area contributed by atoms with Gasteiger partial charge in [-0.1, -0.05) is 0 Å². The van der Waals surface area contributed by atoms with E-state index in [0.717, 1.165) is 0 Å². The molecule has 0 fully saturated rings. The molecule has 0 aliphatic heterocycles. The number of hydrogen-bond donors (Lipinski definition) is 1. The zero-order chi connectivity index (χ0) is 9.84. The van der Waals surface area contributed by atoms with E-state index in [1.54, 1.807) is 0 Å². The third kappa shape index (κ3) is 2.90. The second-order valence-corrected chi connectivity index (χ2v) is 2.42. The van der Waals surface area contributed by atoms with Crippen LogP contribution in [0, 0.1) is 5.21 Å². The topological polar surface area (TPSA) is 72.8 Å². The SMILES string of the molecule is O=C(Cl)Oc1ccc(N([O-])O)cc1. The molecule has 0 aromatic heterocycles. The molecule has 1 aromatic carbocycles. The van der Waals surface area contributed by atoms with Gasteiger partial charge >= 0.3 is 5.43 Å². The van der Waals surface area contributed by atoms with Crippen molar-refractivity contribution in [2.75, 3.05) is 5.23 Å². The molecule has 0 saturated carbocycles. The Bertz CT molecular complexity index is 298. The van der Waals surface area contributed by atoms with E-state index >= 15 is 0 Å². The molecule has 0 amide bonds. The average Bonchev–Trinajstić information content (AvgIpc) is 2.04.